The molecule has 2 aromatic carbocycles. The van der Waals surface area contributed by atoms with Crippen LogP contribution < -0.4 is 0 Å². The first-order valence-electron chi connectivity index (χ1n) is 7.70. The van der Waals surface area contributed by atoms with Crippen molar-refractivity contribution in [3.8, 4) is 0 Å². The van der Waals surface area contributed by atoms with E-state index in [1.54, 1.807) is 35.4 Å². The lowest BCUT2D eigenvalue weighted by Crippen LogP contribution is -2.29. The molecule has 0 unspecified atom stereocenters. The number of fused-ring (bicyclic) bond motifs is 1. The average molecular weight is 374 g/mol. The summed E-state index contributed by atoms with van der Waals surface area (Å²) in [4.78, 5) is 19.1. The number of nitrogens with zero attached hydrogens (tertiary/aromatic N) is 2. The third kappa shape index (κ3) is 3.57. The highest BCUT2D eigenvalue weighted by atomic mass is 32.2. The van der Waals surface area contributed by atoms with E-state index in [4.69, 9.17) is 0 Å². The molecule has 25 heavy (non-hydrogen) atoms. The minimum Gasteiger partial charge on any atom is -0.333 e. The summed E-state index contributed by atoms with van der Waals surface area (Å²) < 4.78 is 24.1. The molecular weight excluding hydrogens is 356 g/mol. The van der Waals surface area contributed by atoms with E-state index < -0.39 is 9.84 Å². The highest BCUT2D eigenvalue weighted by Gasteiger charge is 2.22. The fraction of sp³-hybridized carbons (Fsp3) is 0.222. The van der Waals surface area contributed by atoms with E-state index >= 15 is 0 Å². The largest absolute Gasteiger partial charge is 0.333 e. The number of carbonyl (C=O) groups excluding carboxylic acids is 1. The van der Waals surface area contributed by atoms with Crippen LogP contribution in [0.5, 0.6) is 0 Å². The average Bonchev–Trinajstić information content (AvgIpc) is 3.03. The maximum Gasteiger partial charge on any atom is 0.254 e. The Hall–Kier alpha value is -2.25. The molecule has 0 saturated heterocycles. The summed E-state index contributed by atoms with van der Waals surface area (Å²) in [6.07, 6.45) is 1.14. The van der Waals surface area contributed by atoms with Gasteiger partial charge in [0.25, 0.3) is 5.91 Å². The van der Waals surface area contributed by atoms with Crippen molar-refractivity contribution in [3.63, 3.8) is 0 Å². The number of carbonyl (C=O) groups is 1. The second kappa shape index (κ2) is 6.57. The smallest absolute Gasteiger partial charge is 0.254 e. The first kappa shape index (κ1) is 17.6. The zero-order chi connectivity index (χ0) is 18.2. The molecule has 0 fully saturated rings. The van der Waals surface area contributed by atoms with Gasteiger partial charge in [-0.15, -0.1) is 11.3 Å². The Kier molecular flexibility index (Phi) is 4.62. The topological polar surface area (TPSA) is 67.3 Å². The van der Waals surface area contributed by atoms with E-state index in [1.807, 2.05) is 31.2 Å². The van der Waals surface area contributed by atoms with Crippen LogP contribution in [-0.2, 0) is 9.84 Å². The number of hydrogen-bond donors (Lipinski definition) is 0. The molecule has 7 heteroatoms. The molecule has 0 aliphatic heterocycles. The van der Waals surface area contributed by atoms with Crippen molar-refractivity contribution in [1.82, 2.24) is 9.88 Å². The molecule has 5 nitrogen and oxygen atoms in total. The monoisotopic (exact) mass is 374 g/mol. The lowest BCUT2D eigenvalue weighted by atomic mass is 10.2. The lowest BCUT2D eigenvalue weighted by molar-refractivity contribution is 0.0742. The molecule has 1 atom stereocenters. The summed E-state index contributed by atoms with van der Waals surface area (Å²) in [5, 5.41) is 0.866. The Bertz CT molecular complexity index is 991. The SMILES string of the molecule is C[C@H](c1nc2ccccc2s1)N(C)C(=O)c1ccc(S(C)(=O)=O)cc1. The van der Waals surface area contributed by atoms with E-state index in [2.05, 4.69) is 4.98 Å². The fourth-order valence-corrected chi connectivity index (χ4v) is 4.15. The van der Waals surface area contributed by atoms with E-state index in [0.29, 0.717) is 5.56 Å². The molecule has 0 saturated carbocycles. The van der Waals surface area contributed by atoms with Gasteiger partial charge in [0, 0.05) is 18.9 Å². The number of amides is 1. The minimum absolute atomic E-state index is 0.174. The Morgan fingerprint density at radius 2 is 1.76 bits per heavy atom. The first-order valence-corrected chi connectivity index (χ1v) is 10.4. The molecular formula is C18H18N2O3S2. The summed E-state index contributed by atoms with van der Waals surface area (Å²) in [6, 6.07) is 13.7. The number of sulfone groups is 1. The number of aromatic nitrogens is 1. The molecule has 0 aliphatic rings. The van der Waals surface area contributed by atoms with Crippen molar-refractivity contribution >= 4 is 37.3 Å². The standard InChI is InChI=1S/C18H18N2O3S2/c1-12(17-19-15-6-4-5-7-16(15)24-17)20(2)18(21)13-8-10-14(11-9-13)25(3,22)23/h4-12H,1-3H3/t12-/m1/s1. The first-order chi connectivity index (χ1) is 11.8. The van der Waals surface area contributed by atoms with Crippen LogP contribution >= 0.6 is 11.3 Å². The third-order valence-electron chi connectivity index (χ3n) is 4.10. The van der Waals surface area contributed by atoms with Gasteiger partial charge in [0.2, 0.25) is 0 Å². The highest BCUT2D eigenvalue weighted by Crippen LogP contribution is 2.29. The van der Waals surface area contributed by atoms with Crippen molar-refractivity contribution in [1.29, 1.82) is 0 Å². The van der Waals surface area contributed by atoms with Crippen LogP contribution in [0.2, 0.25) is 0 Å². The number of para-hydroxylation sites is 1. The normalized spacial score (nSPS) is 12.9. The Morgan fingerprint density at radius 1 is 1.12 bits per heavy atom. The Balaban J connectivity index is 1.83. The summed E-state index contributed by atoms with van der Waals surface area (Å²) in [5.41, 5.74) is 1.37. The maximum atomic E-state index is 12.7. The molecule has 3 aromatic rings. The molecule has 0 N–H and O–H groups in total. The Morgan fingerprint density at radius 3 is 2.36 bits per heavy atom. The van der Waals surface area contributed by atoms with Gasteiger partial charge in [-0.05, 0) is 43.3 Å². The van der Waals surface area contributed by atoms with Crippen molar-refractivity contribution in [2.45, 2.75) is 17.9 Å². The summed E-state index contributed by atoms with van der Waals surface area (Å²) in [6.45, 7) is 1.93. The number of thiazole rings is 1. The van der Waals surface area contributed by atoms with Crippen molar-refractivity contribution in [3.05, 3.63) is 59.1 Å². The third-order valence-corrected chi connectivity index (χ3v) is 6.43. The quantitative estimate of drug-likeness (QED) is 0.701. The van der Waals surface area contributed by atoms with Crippen LogP contribution in [0.4, 0.5) is 0 Å². The van der Waals surface area contributed by atoms with Gasteiger partial charge in [0.1, 0.15) is 5.01 Å². The van der Waals surface area contributed by atoms with Gasteiger partial charge < -0.3 is 4.90 Å². The van der Waals surface area contributed by atoms with Crippen LogP contribution in [0.15, 0.2) is 53.4 Å². The van der Waals surface area contributed by atoms with Crippen molar-refractivity contribution in [2.75, 3.05) is 13.3 Å². The predicted octanol–water partition coefficient (Wildman–Crippen LogP) is 3.53. The van der Waals surface area contributed by atoms with Gasteiger partial charge in [0.15, 0.2) is 9.84 Å². The Labute approximate surface area is 150 Å². The van der Waals surface area contributed by atoms with Crippen molar-refractivity contribution in [2.24, 2.45) is 0 Å². The van der Waals surface area contributed by atoms with Gasteiger partial charge in [-0.3, -0.25) is 4.79 Å². The fourth-order valence-electron chi connectivity index (χ4n) is 2.46. The zero-order valence-corrected chi connectivity index (χ0v) is 15.8. The van der Waals surface area contributed by atoms with Crippen LogP contribution in [-0.4, -0.2) is 37.5 Å². The molecule has 0 bridgehead atoms. The number of rotatable bonds is 4. The van der Waals surface area contributed by atoms with E-state index in [0.717, 1.165) is 21.5 Å². The summed E-state index contributed by atoms with van der Waals surface area (Å²) in [5.74, 6) is -0.174. The van der Waals surface area contributed by atoms with E-state index in [-0.39, 0.29) is 16.8 Å². The highest BCUT2D eigenvalue weighted by molar-refractivity contribution is 7.90. The van der Waals surface area contributed by atoms with Gasteiger partial charge in [-0.25, -0.2) is 13.4 Å². The predicted molar refractivity (Wildman–Crippen MR) is 99.7 cm³/mol. The molecule has 1 heterocycles. The maximum absolute atomic E-state index is 12.7. The molecule has 1 amide bonds. The van der Waals surface area contributed by atoms with Crippen LogP contribution in [0.1, 0.15) is 28.3 Å². The zero-order valence-electron chi connectivity index (χ0n) is 14.1. The second-order valence-electron chi connectivity index (χ2n) is 5.91. The van der Waals surface area contributed by atoms with E-state index in [1.165, 1.54) is 12.1 Å². The van der Waals surface area contributed by atoms with Crippen LogP contribution in [0, 0.1) is 0 Å². The molecule has 0 radical (unpaired) electrons. The van der Waals surface area contributed by atoms with Crippen molar-refractivity contribution < 1.29 is 13.2 Å². The molecule has 130 valence electrons. The molecule has 3 rings (SSSR count). The van der Waals surface area contributed by atoms with Crippen LogP contribution in [0.3, 0.4) is 0 Å². The van der Waals surface area contributed by atoms with Gasteiger partial charge in [-0.1, -0.05) is 12.1 Å². The lowest BCUT2D eigenvalue weighted by Gasteiger charge is -2.23. The molecule has 0 spiro atoms. The van der Waals surface area contributed by atoms with Gasteiger partial charge in [0.05, 0.1) is 21.2 Å². The van der Waals surface area contributed by atoms with Gasteiger partial charge >= 0.3 is 0 Å². The summed E-state index contributed by atoms with van der Waals surface area (Å²) >= 11 is 1.57. The van der Waals surface area contributed by atoms with Crippen LogP contribution in [0.25, 0.3) is 10.2 Å². The molecule has 0 aliphatic carbocycles. The minimum atomic E-state index is -3.27. The summed E-state index contributed by atoms with van der Waals surface area (Å²) in [7, 11) is -1.55. The second-order valence-corrected chi connectivity index (χ2v) is 8.99. The number of benzene rings is 2. The molecule has 1 aromatic heterocycles. The van der Waals surface area contributed by atoms with Gasteiger partial charge in [-0.2, -0.15) is 0 Å². The number of hydrogen-bond acceptors (Lipinski definition) is 5. The van der Waals surface area contributed by atoms with E-state index in [9.17, 15) is 13.2 Å².